The summed E-state index contributed by atoms with van der Waals surface area (Å²) in [5.74, 6) is 0. The molecule has 302 valence electrons. The van der Waals surface area contributed by atoms with Gasteiger partial charge in [0.25, 0.3) is 0 Å². The summed E-state index contributed by atoms with van der Waals surface area (Å²) < 4.78 is 0. The zero-order valence-electron chi connectivity index (χ0n) is 36.0. The minimum absolute atomic E-state index is 0.123. The Morgan fingerprint density at radius 2 is 0.750 bits per heavy atom. The van der Waals surface area contributed by atoms with Gasteiger partial charge in [0.2, 0.25) is 0 Å². The van der Waals surface area contributed by atoms with E-state index in [0.717, 1.165) is 17.1 Å². The van der Waals surface area contributed by atoms with Crippen molar-refractivity contribution in [1.82, 2.24) is 0 Å². The first kappa shape index (κ1) is 36.9. The van der Waals surface area contributed by atoms with Crippen LogP contribution >= 0.6 is 0 Å². The van der Waals surface area contributed by atoms with Crippen LogP contribution in [0.2, 0.25) is 0 Å². The highest BCUT2D eigenvalue weighted by molar-refractivity contribution is 5.93. The summed E-state index contributed by atoms with van der Waals surface area (Å²) >= 11 is 0. The maximum Gasteiger partial charge on any atom is 0.0720 e. The van der Waals surface area contributed by atoms with Crippen molar-refractivity contribution >= 4 is 27.8 Å². The van der Waals surface area contributed by atoms with E-state index in [4.69, 9.17) is 0 Å². The van der Waals surface area contributed by atoms with Crippen LogP contribution in [0, 0.1) is 0 Å². The molecule has 1 nitrogen and oxygen atoms in total. The number of benzene rings is 10. The Morgan fingerprint density at radius 1 is 0.281 bits per heavy atom. The lowest BCUT2D eigenvalue weighted by Crippen LogP contribution is -2.44. The Labute approximate surface area is 375 Å². The summed E-state index contributed by atoms with van der Waals surface area (Å²) in [6, 6.07) is 89.1. The maximum atomic E-state index is 2.46. The van der Waals surface area contributed by atoms with Gasteiger partial charge in [-0.3, -0.25) is 0 Å². The second kappa shape index (κ2) is 13.6. The molecule has 0 saturated carbocycles. The normalized spacial score (nSPS) is 18.1. The van der Waals surface area contributed by atoms with Gasteiger partial charge in [0.05, 0.1) is 10.8 Å². The fourth-order valence-electron chi connectivity index (χ4n) is 12.3. The van der Waals surface area contributed by atoms with Crippen molar-refractivity contribution in [3.05, 3.63) is 292 Å². The van der Waals surface area contributed by atoms with Crippen molar-refractivity contribution in [2.24, 2.45) is 0 Å². The zero-order chi connectivity index (χ0) is 42.6. The molecule has 0 bridgehead atoms. The number of nitrogens with zero attached hydrogens (tertiary/aromatic N) is 1. The lowest BCUT2D eigenvalue weighted by Gasteiger charge is -2.49. The first-order valence-electron chi connectivity index (χ1n) is 22.6. The van der Waals surface area contributed by atoms with Gasteiger partial charge in [-0.2, -0.15) is 0 Å². The molecule has 2 unspecified atom stereocenters. The van der Waals surface area contributed by atoms with Crippen LogP contribution in [0.5, 0.6) is 0 Å². The van der Waals surface area contributed by atoms with Gasteiger partial charge in [-0.1, -0.05) is 214 Å². The minimum Gasteiger partial charge on any atom is -0.310 e. The molecule has 10 aromatic rings. The molecule has 0 spiro atoms. The summed E-state index contributed by atoms with van der Waals surface area (Å²) in [5.41, 5.74) is 20.7. The Bertz CT molecular complexity index is 3470. The third-order valence-corrected chi connectivity index (χ3v) is 15.0. The zero-order valence-corrected chi connectivity index (χ0v) is 36.0. The molecule has 0 radical (unpaired) electrons. The van der Waals surface area contributed by atoms with Crippen molar-refractivity contribution in [1.29, 1.82) is 0 Å². The van der Waals surface area contributed by atoms with Crippen molar-refractivity contribution < 1.29 is 0 Å². The van der Waals surface area contributed by atoms with Gasteiger partial charge >= 0.3 is 0 Å². The van der Waals surface area contributed by atoms with Crippen molar-refractivity contribution in [2.45, 2.75) is 30.1 Å². The SMILES string of the molecule is CC1(C)c2ccccc2-c2ccc(N(c3ccc(C4(c5ccccc5)c5ccccc5C5(c6ccccc6)c6ccccc6-c6cccc4c65)cc3)c3ccc4ccccc4c3)cc21. The molecule has 64 heavy (non-hydrogen) atoms. The topological polar surface area (TPSA) is 3.24 Å². The summed E-state index contributed by atoms with van der Waals surface area (Å²) in [5, 5.41) is 2.45. The number of rotatable bonds is 6. The molecule has 0 fully saturated rings. The molecule has 0 heterocycles. The van der Waals surface area contributed by atoms with Gasteiger partial charge in [-0.05, 0) is 125 Å². The Balaban J connectivity index is 1.06. The third-order valence-electron chi connectivity index (χ3n) is 15.0. The van der Waals surface area contributed by atoms with Crippen LogP contribution in [-0.2, 0) is 16.2 Å². The Hall–Kier alpha value is -7.74. The number of anilines is 3. The Kier molecular flexibility index (Phi) is 7.85. The van der Waals surface area contributed by atoms with Crippen LogP contribution in [0.25, 0.3) is 33.0 Å². The lowest BCUT2D eigenvalue weighted by molar-refractivity contribution is 0.626. The predicted octanol–water partition coefficient (Wildman–Crippen LogP) is 15.7. The van der Waals surface area contributed by atoms with Gasteiger partial charge in [-0.15, -0.1) is 0 Å². The monoisotopic (exact) mass is 815 g/mol. The summed E-state index contributed by atoms with van der Waals surface area (Å²) in [7, 11) is 0. The molecule has 3 aliphatic carbocycles. The van der Waals surface area contributed by atoms with Crippen LogP contribution < -0.4 is 4.90 Å². The molecule has 3 aliphatic rings. The van der Waals surface area contributed by atoms with Gasteiger partial charge in [0, 0.05) is 22.5 Å². The summed E-state index contributed by atoms with van der Waals surface area (Å²) in [4.78, 5) is 2.46. The van der Waals surface area contributed by atoms with Crippen LogP contribution in [0.15, 0.2) is 237 Å². The van der Waals surface area contributed by atoms with E-state index < -0.39 is 10.8 Å². The molecule has 0 saturated heterocycles. The molecule has 0 aromatic heterocycles. The number of hydrogen-bond donors (Lipinski definition) is 0. The highest BCUT2D eigenvalue weighted by atomic mass is 15.1. The highest BCUT2D eigenvalue weighted by Crippen LogP contribution is 2.66. The van der Waals surface area contributed by atoms with Crippen LogP contribution in [0.1, 0.15) is 69.5 Å². The smallest absolute Gasteiger partial charge is 0.0720 e. The molecule has 13 rings (SSSR count). The maximum absolute atomic E-state index is 2.46. The molecule has 0 amide bonds. The van der Waals surface area contributed by atoms with E-state index in [1.807, 2.05) is 0 Å². The molecular formula is C63H45N. The largest absolute Gasteiger partial charge is 0.310 e. The predicted molar refractivity (Wildman–Crippen MR) is 265 cm³/mol. The summed E-state index contributed by atoms with van der Waals surface area (Å²) in [6.07, 6.45) is 0. The van der Waals surface area contributed by atoms with E-state index in [0.29, 0.717) is 0 Å². The van der Waals surface area contributed by atoms with E-state index in [2.05, 4.69) is 255 Å². The second-order valence-corrected chi connectivity index (χ2v) is 18.4. The second-order valence-electron chi connectivity index (χ2n) is 18.4. The molecular weight excluding hydrogens is 771 g/mol. The number of hydrogen-bond acceptors (Lipinski definition) is 1. The fraction of sp³-hybridized carbons (Fsp3) is 0.0794. The molecule has 2 atom stereocenters. The standard InChI is InChI=1S/C63H45N/c1-61(2)54-27-13-11-24-50(54)52-39-38-49(41-59(52)61)64(48-35-32-42-18-9-10-19-43(42)40-48)47-36-33-46(34-37-47)62(44-20-5-3-6-21-44)56-29-15-16-30-57(56)63(45-22-7-4-8-23-45)55-28-14-12-25-51(55)53-26-17-31-58(62)60(53)63/h3-41H,1-2H3. The average molecular weight is 816 g/mol. The van der Waals surface area contributed by atoms with Crippen LogP contribution in [-0.4, -0.2) is 0 Å². The number of fused-ring (bicyclic) bond motifs is 9. The molecule has 1 heteroatoms. The first-order valence-corrected chi connectivity index (χ1v) is 22.6. The quantitative estimate of drug-likeness (QED) is 0.162. The minimum atomic E-state index is -0.612. The third kappa shape index (κ3) is 4.84. The van der Waals surface area contributed by atoms with Crippen LogP contribution in [0.3, 0.4) is 0 Å². The van der Waals surface area contributed by atoms with Gasteiger partial charge in [0.1, 0.15) is 0 Å². The molecule has 0 aliphatic heterocycles. The van der Waals surface area contributed by atoms with E-state index in [9.17, 15) is 0 Å². The first-order chi connectivity index (χ1) is 31.5. The Morgan fingerprint density at radius 3 is 1.47 bits per heavy atom. The van der Waals surface area contributed by atoms with Gasteiger partial charge in [0.15, 0.2) is 0 Å². The molecule has 0 N–H and O–H groups in total. The van der Waals surface area contributed by atoms with Crippen molar-refractivity contribution in [3.8, 4) is 22.3 Å². The molecule has 10 aromatic carbocycles. The lowest BCUT2D eigenvalue weighted by atomic mass is 9.52. The summed E-state index contributed by atoms with van der Waals surface area (Å²) in [6.45, 7) is 4.74. The van der Waals surface area contributed by atoms with Crippen molar-refractivity contribution in [3.63, 3.8) is 0 Å². The fourth-order valence-corrected chi connectivity index (χ4v) is 12.3. The van der Waals surface area contributed by atoms with Crippen LogP contribution in [0.4, 0.5) is 17.1 Å². The van der Waals surface area contributed by atoms with E-state index in [-0.39, 0.29) is 5.41 Å². The highest BCUT2D eigenvalue weighted by Gasteiger charge is 2.57. The average Bonchev–Trinajstić information content (AvgIpc) is 3.79. The van der Waals surface area contributed by atoms with Gasteiger partial charge in [-0.25, -0.2) is 0 Å². The van der Waals surface area contributed by atoms with E-state index in [1.54, 1.807) is 0 Å². The van der Waals surface area contributed by atoms with E-state index in [1.165, 1.54) is 88.7 Å². The van der Waals surface area contributed by atoms with E-state index >= 15 is 0 Å². The van der Waals surface area contributed by atoms with Crippen molar-refractivity contribution in [2.75, 3.05) is 4.90 Å². The van der Waals surface area contributed by atoms with Gasteiger partial charge < -0.3 is 4.90 Å².